The number of carbonyl (C=O) groups is 2. The molecular formula is C22H23NO5. The number of anilines is 1. The van der Waals surface area contributed by atoms with Crippen LogP contribution in [-0.2, 0) is 36.6 Å². The molecule has 0 N–H and O–H groups in total. The first-order valence-electron chi connectivity index (χ1n) is 9.02. The van der Waals surface area contributed by atoms with Gasteiger partial charge in [0.2, 0.25) is 0 Å². The van der Waals surface area contributed by atoms with E-state index in [2.05, 4.69) is 12.1 Å². The third kappa shape index (κ3) is 4.40. The maximum atomic E-state index is 12.3. The molecule has 0 radical (unpaired) electrons. The van der Waals surface area contributed by atoms with Crippen LogP contribution in [-0.4, -0.2) is 39.5 Å². The van der Waals surface area contributed by atoms with Crippen LogP contribution in [0.3, 0.4) is 0 Å². The molecule has 0 saturated carbocycles. The first-order chi connectivity index (χ1) is 13.6. The number of ether oxygens (including phenoxy) is 3. The van der Waals surface area contributed by atoms with E-state index in [0.29, 0.717) is 0 Å². The number of carbonyl (C=O) groups excluding carboxylic acids is 2. The lowest BCUT2D eigenvalue weighted by Gasteiger charge is -2.31. The third-order valence-corrected chi connectivity index (χ3v) is 4.63. The van der Waals surface area contributed by atoms with Crippen molar-refractivity contribution in [2.24, 2.45) is 0 Å². The number of hydrogen-bond donors (Lipinski definition) is 0. The van der Waals surface area contributed by atoms with E-state index in [1.165, 1.54) is 25.3 Å². The predicted molar refractivity (Wildman–Crippen MR) is 105 cm³/mol. The molecule has 0 fully saturated rings. The second-order valence-corrected chi connectivity index (χ2v) is 6.37. The molecule has 1 aliphatic rings. The molecule has 1 heterocycles. The van der Waals surface area contributed by atoms with Crippen molar-refractivity contribution in [3.63, 3.8) is 0 Å². The molecule has 2 aromatic rings. The molecular weight excluding hydrogens is 358 g/mol. The Labute approximate surface area is 164 Å². The quantitative estimate of drug-likeness (QED) is 0.717. The molecule has 3 rings (SSSR count). The van der Waals surface area contributed by atoms with E-state index < -0.39 is 11.9 Å². The number of aryl methyl sites for hydroxylation is 2. The Hall–Kier alpha value is -3.12. The first-order valence-corrected chi connectivity index (χ1v) is 9.02. The number of rotatable bonds is 6. The second-order valence-electron chi connectivity index (χ2n) is 6.37. The van der Waals surface area contributed by atoms with Crippen molar-refractivity contribution >= 4 is 17.6 Å². The Kier molecular flexibility index (Phi) is 6.45. The minimum absolute atomic E-state index is 0.00274. The summed E-state index contributed by atoms with van der Waals surface area (Å²) in [6.45, 7) is 0.150. The molecule has 146 valence electrons. The molecule has 0 spiro atoms. The lowest BCUT2D eigenvalue weighted by atomic mass is 10.0. The van der Waals surface area contributed by atoms with Gasteiger partial charge in [-0.3, -0.25) is 0 Å². The molecule has 1 aliphatic heterocycles. The summed E-state index contributed by atoms with van der Waals surface area (Å²) in [7, 11) is 2.55. The van der Waals surface area contributed by atoms with Crippen molar-refractivity contribution in [1.82, 2.24) is 0 Å². The number of esters is 2. The van der Waals surface area contributed by atoms with Gasteiger partial charge >= 0.3 is 11.9 Å². The predicted octanol–water partition coefficient (Wildman–Crippen LogP) is 2.87. The highest BCUT2D eigenvalue weighted by atomic mass is 16.5. The van der Waals surface area contributed by atoms with Crippen molar-refractivity contribution in [3.8, 4) is 0 Å². The topological polar surface area (TPSA) is 65.1 Å². The van der Waals surface area contributed by atoms with E-state index in [1.54, 1.807) is 4.90 Å². The van der Waals surface area contributed by atoms with Crippen LogP contribution in [0.1, 0.15) is 11.1 Å². The Bertz CT molecular complexity index is 858. The molecule has 0 unspecified atom stereocenters. The summed E-state index contributed by atoms with van der Waals surface area (Å²) in [5, 5.41) is 0. The van der Waals surface area contributed by atoms with Crippen LogP contribution in [0.15, 0.2) is 65.9 Å². The van der Waals surface area contributed by atoms with Gasteiger partial charge in [0.25, 0.3) is 0 Å². The van der Waals surface area contributed by atoms with Crippen molar-refractivity contribution in [2.45, 2.75) is 12.8 Å². The third-order valence-electron chi connectivity index (χ3n) is 4.63. The van der Waals surface area contributed by atoms with E-state index in [-0.39, 0.29) is 24.6 Å². The fourth-order valence-corrected chi connectivity index (χ4v) is 3.12. The van der Waals surface area contributed by atoms with E-state index in [9.17, 15) is 9.59 Å². The molecule has 0 atom stereocenters. The summed E-state index contributed by atoms with van der Waals surface area (Å²) < 4.78 is 15.1. The molecule has 6 heteroatoms. The number of methoxy groups -OCH3 is 2. The molecule has 0 saturated heterocycles. The summed E-state index contributed by atoms with van der Waals surface area (Å²) in [5.41, 5.74) is 3.51. The average molecular weight is 381 g/mol. The van der Waals surface area contributed by atoms with Crippen molar-refractivity contribution in [3.05, 3.63) is 77.0 Å². The number of hydrogen-bond acceptors (Lipinski definition) is 6. The zero-order valence-corrected chi connectivity index (χ0v) is 16.0. The van der Waals surface area contributed by atoms with Gasteiger partial charge in [-0.15, -0.1) is 0 Å². The summed E-state index contributed by atoms with van der Waals surface area (Å²) in [5.74, 6) is -1.21. The highest BCUT2D eigenvalue weighted by Gasteiger charge is 2.32. The van der Waals surface area contributed by atoms with Gasteiger partial charge in [-0.1, -0.05) is 42.5 Å². The molecule has 0 amide bonds. The summed E-state index contributed by atoms with van der Waals surface area (Å²) in [4.78, 5) is 26.0. The first kappa shape index (κ1) is 19.6. The van der Waals surface area contributed by atoms with Gasteiger partial charge in [0.15, 0.2) is 0 Å². The Morgan fingerprint density at radius 1 is 0.893 bits per heavy atom. The van der Waals surface area contributed by atoms with Gasteiger partial charge in [0.1, 0.15) is 12.4 Å². The minimum Gasteiger partial charge on any atom is -0.466 e. The average Bonchev–Trinajstić information content (AvgIpc) is 2.77. The van der Waals surface area contributed by atoms with Gasteiger partial charge in [-0.2, -0.15) is 0 Å². The maximum Gasteiger partial charge on any atom is 0.355 e. The molecule has 6 nitrogen and oxygen atoms in total. The van der Waals surface area contributed by atoms with Crippen molar-refractivity contribution in [1.29, 1.82) is 0 Å². The molecule has 0 aromatic heterocycles. The fraction of sp³-hybridized carbons (Fsp3) is 0.273. The zero-order valence-electron chi connectivity index (χ0n) is 16.0. The maximum absolute atomic E-state index is 12.3. The lowest BCUT2D eigenvalue weighted by molar-refractivity contribution is -0.140. The molecule has 0 aliphatic carbocycles. The van der Waals surface area contributed by atoms with Gasteiger partial charge < -0.3 is 19.1 Å². The van der Waals surface area contributed by atoms with E-state index >= 15 is 0 Å². The van der Waals surface area contributed by atoms with Crippen LogP contribution < -0.4 is 4.90 Å². The highest BCUT2D eigenvalue weighted by Crippen LogP contribution is 2.27. The van der Waals surface area contributed by atoms with Gasteiger partial charge in [-0.25, -0.2) is 9.59 Å². The summed E-state index contributed by atoms with van der Waals surface area (Å²) in [6.07, 6.45) is 1.86. The Morgan fingerprint density at radius 2 is 1.50 bits per heavy atom. The summed E-state index contributed by atoms with van der Waals surface area (Å²) in [6, 6.07) is 18.2. The second kappa shape index (κ2) is 9.19. The van der Waals surface area contributed by atoms with Crippen LogP contribution in [0, 0.1) is 0 Å². The number of nitrogens with zero attached hydrogens (tertiary/aromatic N) is 1. The van der Waals surface area contributed by atoms with E-state index in [0.717, 1.165) is 18.5 Å². The van der Waals surface area contributed by atoms with Gasteiger partial charge in [0, 0.05) is 5.69 Å². The monoisotopic (exact) mass is 381 g/mol. The normalized spacial score (nSPS) is 14.0. The largest absolute Gasteiger partial charge is 0.466 e. The highest BCUT2D eigenvalue weighted by molar-refractivity contribution is 6.03. The smallest absolute Gasteiger partial charge is 0.355 e. The zero-order chi connectivity index (χ0) is 19.9. The van der Waals surface area contributed by atoms with Crippen LogP contribution in [0.5, 0.6) is 0 Å². The van der Waals surface area contributed by atoms with E-state index in [4.69, 9.17) is 14.2 Å². The summed E-state index contributed by atoms with van der Waals surface area (Å²) >= 11 is 0. The van der Waals surface area contributed by atoms with Crippen LogP contribution in [0.4, 0.5) is 5.69 Å². The van der Waals surface area contributed by atoms with Gasteiger partial charge in [-0.05, 0) is 36.1 Å². The van der Waals surface area contributed by atoms with Gasteiger partial charge in [0.05, 0.1) is 26.4 Å². The van der Waals surface area contributed by atoms with Crippen LogP contribution in [0.2, 0.25) is 0 Å². The van der Waals surface area contributed by atoms with Crippen LogP contribution in [0.25, 0.3) is 0 Å². The van der Waals surface area contributed by atoms with Crippen molar-refractivity contribution in [2.75, 3.05) is 32.5 Å². The standard InChI is InChI=1S/C22H23NO5/c1-26-21(24)19-14-28-15-23(20(19)22(25)27-2)18-12-10-17(11-13-18)9-8-16-6-4-3-5-7-16/h3-7,10-13H,8-9,14-15H2,1-2H3. The minimum atomic E-state index is -0.607. The molecule has 0 bridgehead atoms. The molecule has 28 heavy (non-hydrogen) atoms. The Morgan fingerprint density at radius 3 is 2.11 bits per heavy atom. The number of benzene rings is 2. The van der Waals surface area contributed by atoms with Crippen LogP contribution >= 0.6 is 0 Å². The van der Waals surface area contributed by atoms with E-state index in [1.807, 2.05) is 42.5 Å². The SMILES string of the molecule is COC(=O)C1=C(C(=O)OC)N(c2ccc(CCc3ccccc3)cc2)COC1. The fourth-order valence-electron chi connectivity index (χ4n) is 3.12. The lowest BCUT2D eigenvalue weighted by Crippen LogP contribution is -2.38. The molecule has 2 aromatic carbocycles. The Balaban J connectivity index is 1.81. The van der Waals surface area contributed by atoms with Crippen molar-refractivity contribution < 1.29 is 23.8 Å².